The summed E-state index contributed by atoms with van der Waals surface area (Å²) in [5.41, 5.74) is -0.426. The molecule has 0 aliphatic heterocycles. The number of rotatable bonds is 4. The van der Waals surface area contributed by atoms with E-state index in [1.807, 2.05) is 45.0 Å². The lowest BCUT2D eigenvalue weighted by molar-refractivity contribution is -0.152. The summed E-state index contributed by atoms with van der Waals surface area (Å²) in [4.78, 5) is 12.6. The molecule has 0 bridgehead atoms. The van der Waals surface area contributed by atoms with Crippen molar-refractivity contribution >= 4 is 29.3 Å². The van der Waals surface area contributed by atoms with Crippen LogP contribution in [-0.2, 0) is 9.53 Å². The van der Waals surface area contributed by atoms with E-state index in [1.165, 1.54) is 0 Å². The van der Waals surface area contributed by atoms with Crippen molar-refractivity contribution in [2.45, 2.75) is 25.7 Å². The molecule has 0 saturated heterocycles. The maximum atomic E-state index is 11.5. The summed E-state index contributed by atoms with van der Waals surface area (Å²) in [5, 5.41) is 0.730. The molecule has 0 radical (unpaired) electrons. The van der Waals surface area contributed by atoms with Crippen molar-refractivity contribution in [3.8, 4) is 0 Å². The minimum atomic E-state index is -0.426. The average molecular weight is 273 g/mol. The molecule has 2 nitrogen and oxygen atoms in total. The van der Waals surface area contributed by atoms with Gasteiger partial charge in [0, 0.05) is 15.7 Å². The van der Waals surface area contributed by atoms with Gasteiger partial charge in [0.2, 0.25) is 0 Å². The third-order valence-corrected chi connectivity index (χ3v) is 3.24. The first-order valence-electron chi connectivity index (χ1n) is 5.45. The van der Waals surface area contributed by atoms with Crippen molar-refractivity contribution in [2.24, 2.45) is 5.41 Å². The number of benzene rings is 1. The minimum Gasteiger partial charge on any atom is -0.464 e. The predicted molar refractivity (Wildman–Crippen MR) is 72.6 cm³/mol. The van der Waals surface area contributed by atoms with E-state index in [2.05, 4.69) is 0 Å². The fraction of sp³-hybridized carbons (Fsp3) is 0.462. The van der Waals surface area contributed by atoms with Gasteiger partial charge in [-0.2, -0.15) is 0 Å². The molecule has 0 heterocycles. The van der Waals surface area contributed by atoms with Gasteiger partial charge in [0.25, 0.3) is 0 Å². The summed E-state index contributed by atoms with van der Waals surface area (Å²) in [6, 6.07) is 7.62. The zero-order chi connectivity index (χ0) is 12.9. The minimum absolute atomic E-state index is 0.158. The molecule has 0 N–H and O–H groups in total. The fourth-order valence-corrected chi connectivity index (χ4v) is 1.90. The van der Waals surface area contributed by atoms with Gasteiger partial charge >= 0.3 is 5.97 Å². The van der Waals surface area contributed by atoms with Crippen LogP contribution in [0.1, 0.15) is 20.8 Å². The van der Waals surface area contributed by atoms with Gasteiger partial charge in [-0.3, -0.25) is 4.79 Å². The van der Waals surface area contributed by atoms with Gasteiger partial charge in [-0.1, -0.05) is 11.6 Å². The molecule has 0 spiro atoms. The summed E-state index contributed by atoms with van der Waals surface area (Å²) in [5.74, 6) is 0.595. The van der Waals surface area contributed by atoms with Crippen molar-refractivity contribution < 1.29 is 9.53 Å². The van der Waals surface area contributed by atoms with Crippen LogP contribution in [0.4, 0.5) is 0 Å². The Morgan fingerprint density at radius 2 is 1.88 bits per heavy atom. The second-order valence-corrected chi connectivity index (χ2v) is 6.29. The normalized spacial score (nSPS) is 11.3. The maximum Gasteiger partial charge on any atom is 0.311 e. The lowest BCUT2D eigenvalue weighted by Crippen LogP contribution is -2.23. The highest BCUT2D eigenvalue weighted by atomic mass is 35.5. The van der Waals surface area contributed by atoms with Gasteiger partial charge in [0.1, 0.15) is 6.61 Å². The highest BCUT2D eigenvalue weighted by Crippen LogP contribution is 2.20. The molecule has 17 heavy (non-hydrogen) atoms. The van der Waals surface area contributed by atoms with E-state index in [4.69, 9.17) is 16.3 Å². The van der Waals surface area contributed by atoms with Crippen LogP contribution in [-0.4, -0.2) is 18.3 Å². The van der Waals surface area contributed by atoms with Gasteiger partial charge in [-0.25, -0.2) is 0 Å². The van der Waals surface area contributed by atoms with Crippen molar-refractivity contribution in [1.29, 1.82) is 0 Å². The van der Waals surface area contributed by atoms with Crippen LogP contribution >= 0.6 is 23.4 Å². The van der Waals surface area contributed by atoms with Crippen LogP contribution in [0.5, 0.6) is 0 Å². The highest BCUT2D eigenvalue weighted by molar-refractivity contribution is 7.99. The molecule has 0 aliphatic rings. The Balaban J connectivity index is 2.25. The van der Waals surface area contributed by atoms with Gasteiger partial charge in [0.05, 0.1) is 5.41 Å². The molecule has 0 amide bonds. The maximum absolute atomic E-state index is 11.5. The van der Waals surface area contributed by atoms with E-state index < -0.39 is 5.41 Å². The van der Waals surface area contributed by atoms with Crippen LogP contribution in [0.2, 0.25) is 5.02 Å². The Kier molecular flexibility index (Phi) is 5.34. The molecule has 1 aromatic carbocycles. The number of carbonyl (C=O) groups excluding carboxylic acids is 1. The summed E-state index contributed by atoms with van der Waals surface area (Å²) >= 11 is 7.43. The number of halogens is 1. The van der Waals surface area contributed by atoms with Crippen LogP contribution < -0.4 is 0 Å². The van der Waals surface area contributed by atoms with E-state index in [0.717, 1.165) is 15.7 Å². The zero-order valence-electron chi connectivity index (χ0n) is 10.3. The van der Waals surface area contributed by atoms with Gasteiger partial charge in [-0.05, 0) is 45.0 Å². The molecular weight excluding hydrogens is 256 g/mol. The predicted octanol–water partition coefficient (Wildman–Crippen LogP) is 4.02. The molecule has 0 aromatic heterocycles. The van der Waals surface area contributed by atoms with E-state index in [0.29, 0.717) is 6.61 Å². The number of esters is 1. The second kappa shape index (κ2) is 6.31. The first kappa shape index (κ1) is 14.4. The SMILES string of the molecule is CC(C)(C)C(=O)OCCSc1ccc(Cl)cc1. The lowest BCUT2D eigenvalue weighted by Gasteiger charge is -2.16. The number of hydrogen-bond acceptors (Lipinski definition) is 3. The summed E-state index contributed by atoms with van der Waals surface area (Å²) < 4.78 is 5.17. The first-order valence-corrected chi connectivity index (χ1v) is 6.81. The van der Waals surface area contributed by atoms with Crippen molar-refractivity contribution in [2.75, 3.05) is 12.4 Å². The first-order chi connectivity index (χ1) is 7.89. The Hall–Kier alpha value is -0.670. The number of carbonyl (C=O) groups is 1. The molecule has 0 unspecified atom stereocenters. The Labute approximate surface area is 112 Å². The van der Waals surface area contributed by atoms with Crippen molar-refractivity contribution in [3.05, 3.63) is 29.3 Å². The summed E-state index contributed by atoms with van der Waals surface area (Å²) in [6.07, 6.45) is 0. The smallest absolute Gasteiger partial charge is 0.311 e. The van der Waals surface area contributed by atoms with Crippen molar-refractivity contribution in [3.63, 3.8) is 0 Å². The van der Waals surface area contributed by atoms with Gasteiger partial charge < -0.3 is 4.74 Å². The second-order valence-electron chi connectivity index (χ2n) is 4.69. The van der Waals surface area contributed by atoms with E-state index in [1.54, 1.807) is 11.8 Å². The fourth-order valence-electron chi connectivity index (χ4n) is 1.04. The summed E-state index contributed by atoms with van der Waals surface area (Å²) in [6.45, 7) is 5.98. The average Bonchev–Trinajstić information content (AvgIpc) is 2.25. The topological polar surface area (TPSA) is 26.3 Å². The van der Waals surface area contributed by atoms with Crippen LogP contribution in [0, 0.1) is 5.41 Å². The summed E-state index contributed by atoms with van der Waals surface area (Å²) in [7, 11) is 0. The Morgan fingerprint density at radius 3 is 2.41 bits per heavy atom. The largest absolute Gasteiger partial charge is 0.464 e. The molecule has 0 aliphatic carbocycles. The Morgan fingerprint density at radius 1 is 1.29 bits per heavy atom. The number of thioether (sulfide) groups is 1. The Bertz CT molecular complexity index is 368. The molecule has 94 valence electrons. The van der Waals surface area contributed by atoms with E-state index in [9.17, 15) is 4.79 Å². The van der Waals surface area contributed by atoms with Gasteiger partial charge in [-0.15, -0.1) is 11.8 Å². The third kappa shape index (κ3) is 5.46. The number of ether oxygens (including phenoxy) is 1. The van der Waals surface area contributed by atoms with Crippen LogP contribution in [0.3, 0.4) is 0 Å². The van der Waals surface area contributed by atoms with Gasteiger partial charge in [0.15, 0.2) is 0 Å². The number of hydrogen-bond donors (Lipinski definition) is 0. The monoisotopic (exact) mass is 272 g/mol. The van der Waals surface area contributed by atoms with E-state index in [-0.39, 0.29) is 5.97 Å². The third-order valence-electron chi connectivity index (χ3n) is 2.01. The zero-order valence-corrected chi connectivity index (χ0v) is 11.9. The molecule has 0 fully saturated rings. The molecular formula is C13H17ClO2S. The molecule has 1 aromatic rings. The lowest BCUT2D eigenvalue weighted by atomic mass is 9.97. The molecule has 1 rings (SSSR count). The molecule has 4 heteroatoms. The molecule has 0 atom stereocenters. The molecule has 0 saturated carbocycles. The van der Waals surface area contributed by atoms with Crippen LogP contribution in [0.15, 0.2) is 29.2 Å². The van der Waals surface area contributed by atoms with Crippen molar-refractivity contribution in [1.82, 2.24) is 0 Å². The standard InChI is InChI=1S/C13H17ClO2S/c1-13(2,3)12(15)16-8-9-17-11-6-4-10(14)5-7-11/h4-7H,8-9H2,1-3H3. The quantitative estimate of drug-likeness (QED) is 0.470. The highest BCUT2D eigenvalue weighted by Gasteiger charge is 2.22. The van der Waals surface area contributed by atoms with Crippen LogP contribution in [0.25, 0.3) is 0 Å². The van der Waals surface area contributed by atoms with E-state index >= 15 is 0 Å².